The third-order valence-corrected chi connectivity index (χ3v) is 5.09. The lowest BCUT2D eigenvalue weighted by atomic mass is 10.2. The van der Waals surface area contributed by atoms with Gasteiger partial charge in [-0.05, 0) is 32.0 Å². The summed E-state index contributed by atoms with van der Waals surface area (Å²) in [7, 11) is 0. The number of carbonyl (C=O) groups is 1. The Labute approximate surface area is 209 Å². The summed E-state index contributed by atoms with van der Waals surface area (Å²) in [6, 6.07) is 8.11. The number of pyridine rings is 2. The van der Waals surface area contributed by atoms with Gasteiger partial charge in [-0.1, -0.05) is 0 Å². The lowest BCUT2D eigenvalue weighted by molar-refractivity contribution is 0.0944. The Kier molecular flexibility index (Phi) is 6.44. The summed E-state index contributed by atoms with van der Waals surface area (Å²) in [6.45, 7) is 3.53. The molecule has 0 saturated heterocycles. The molecular weight excluding hydrogens is 479 g/mol. The van der Waals surface area contributed by atoms with E-state index in [1.54, 1.807) is 37.4 Å². The van der Waals surface area contributed by atoms with E-state index in [0.29, 0.717) is 34.3 Å². The molecule has 0 saturated carbocycles. The van der Waals surface area contributed by atoms with Crippen LogP contribution in [0.3, 0.4) is 0 Å². The zero-order valence-electron chi connectivity index (χ0n) is 19.6. The van der Waals surface area contributed by atoms with Gasteiger partial charge in [-0.15, -0.1) is 20.4 Å². The summed E-state index contributed by atoms with van der Waals surface area (Å²) in [5, 5.41) is 28.3. The smallest absolute Gasteiger partial charge is 0.270 e. The highest BCUT2D eigenvalue weighted by molar-refractivity contribution is 5.92. The molecule has 0 spiro atoms. The Bertz CT molecular complexity index is 1540. The first kappa shape index (κ1) is 23.5. The molecule has 0 radical (unpaired) electrons. The van der Waals surface area contributed by atoms with E-state index in [2.05, 4.69) is 61.2 Å². The van der Waals surface area contributed by atoms with Crippen LogP contribution in [0.15, 0.2) is 48.9 Å². The predicted octanol–water partition coefficient (Wildman–Crippen LogP) is 2.33. The number of nitrogens with zero attached hydrogens (tertiary/aromatic N) is 9. The summed E-state index contributed by atoms with van der Waals surface area (Å²) in [4.78, 5) is 29.7. The molecule has 0 bridgehead atoms. The third-order valence-electron chi connectivity index (χ3n) is 5.09. The molecule has 0 aromatic carbocycles. The second kappa shape index (κ2) is 10.2. The zero-order valence-corrected chi connectivity index (χ0v) is 19.6. The molecule has 5 aromatic rings. The highest BCUT2D eigenvalue weighted by Crippen LogP contribution is 2.20. The Hall–Kier alpha value is -5.27. The molecule has 0 unspecified atom stereocenters. The second-order valence-electron chi connectivity index (χ2n) is 7.85. The maximum Gasteiger partial charge on any atom is 0.270 e. The van der Waals surface area contributed by atoms with Gasteiger partial charge in [-0.3, -0.25) is 19.9 Å². The number of carbonyl (C=O) groups excluding carboxylic acids is 1. The number of hydrogen-bond acceptors (Lipinski definition) is 11. The first-order valence-electron chi connectivity index (χ1n) is 11.0. The Morgan fingerprint density at radius 3 is 2.54 bits per heavy atom. The van der Waals surface area contributed by atoms with E-state index in [1.807, 2.05) is 6.92 Å². The standard InChI is InChI=1S/C23H19FN12O/c1-12-7-19(30-18-5-6-28-32-18)31-21(29-12)14-3-4-17(26-9-14)23(37)27-11-20-33-35-22(36-34-20)16-8-15(24)10-25-13(16)2/h3-10H,11H2,1-2H3,(H,27,37)(H2,28,29,30,31,32). The van der Waals surface area contributed by atoms with Crippen LogP contribution >= 0.6 is 0 Å². The molecule has 0 aliphatic carbocycles. The van der Waals surface area contributed by atoms with E-state index in [4.69, 9.17) is 0 Å². The fraction of sp³-hybridized carbons (Fsp3) is 0.130. The Morgan fingerprint density at radius 2 is 1.81 bits per heavy atom. The summed E-state index contributed by atoms with van der Waals surface area (Å²) >= 11 is 0. The van der Waals surface area contributed by atoms with Crippen LogP contribution in [0.1, 0.15) is 27.7 Å². The monoisotopic (exact) mass is 498 g/mol. The number of H-pyrrole nitrogens is 1. The van der Waals surface area contributed by atoms with Crippen LogP contribution < -0.4 is 10.6 Å². The molecular formula is C23H19FN12O. The molecule has 13 nitrogen and oxygen atoms in total. The van der Waals surface area contributed by atoms with Gasteiger partial charge in [0.1, 0.15) is 23.1 Å². The van der Waals surface area contributed by atoms with Crippen molar-refractivity contribution in [1.29, 1.82) is 0 Å². The van der Waals surface area contributed by atoms with Crippen LogP contribution in [0, 0.1) is 19.7 Å². The zero-order chi connectivity index (χ0) is 25.8. The number of anilines is 2. The van der Waals surface area contributed by atoms with Crippen LogP contribution in [-0.2, 0) is 6.54 Å². The molecule has 0 fully saturated rings. The van der Waals surface area contributed by atoms with Crippen molar-refractivity contribution in [3.05, 3.63) is 77.6 Å². The number of hydrogen-bond donors (Lipinski definition) is 3. The topological polar surface area (TPSA) is 173 Å². The van der Waals surface area contributed by atoms with Gasteiger partial charge in [0.15, 0.2) is 11.6 Å². The third kappa shape index (κ3) is 5.53. The van der Waals surface area contributed by atoms with Crippen molar-refractivity contribution in [2.45, 2.75) is 20.4 Å². The molecule has 5 heterocycles. The van der Waals surface area contributed by atoms with E-state index in [1.165, 1.54) is 12.3 Å². The van der Waals surface area contributed by atoms with Gasteiger partial charge in [0.25, 0.3) is 5.91 Å². The largest absolute Gasteiger partial charge is 0.343 e. The average Bonchev–Trinajstić information content (AvgIpc) is 3.42. The van der Waals surface area contributed by atoms with Crippen molar-refractivity contribution >= 4 is 17.5 Å². The second-order valence-corrected chi connectivity index (χ2v) is 7.85. The van der Waals surface area contributed by atoms with Gasteiger partial charge in [-0.2, -0.15) is 5.10 Å². The van der Waals surface area contributed by atoms with Crippen molar-refractivity contribution in [3.8, 4) is 22.8 Å². The molecule has 3 N–H and O–H groups in total. The fourth-order valence-corrected chi connectivity index (χ4v) is 3.30. The number of rotatable bonds is 7. The van der Waals surface area contributed by atoms with E-state index < -0.39 is 11.7 Å². The van der Waals surface area contributed by atoms with Crippen LogP contribution in [0.4, 0.5) is 16.0 Å². The molecule has 0 aliphatic rings. The number of aromatic nitrogens is 10. The fourth-order valence-electron chi connectivity index (χ4n) is 3.30. The highest BCUT2D eigenvalue weighted by Gasteiger charge is 2.13. The van der Waals surface area contributed by atoms with E-state index >= 15 is 0 Å². The van der Waals surface area contributed by atoms with Crippen molar-refractivity contribution < 1.29 is 9.18 Å². The van der Waals surface area contributed by atoms with E-state index in [-0.39, 0.29) is 23.9 Å². The van der Waals surface area contributed by atoms with Crippen molar-refractivity contribution in [2.24, 2.45) is 0 Å². The molecule has 5 rings (SSSR count). The molecule has 5 aromatic heterocycles. The minimum Gasteiger partial charge on any atom is -0.343 e. The summed E-state index contributed by atoms with van der Waals surface area (Å²) in [5.74, 6) is 1.11. The molecule has 14 heteroatoms. The molecule has 184 valence electrons. The summed E-state index contributed by atoms with van der Waals surface area (Å²) < 4.78 is 13.5. The van der Waals surface area contributed by atoms with Gasteiger partial charge in [0.05, 0.1) is 18.9 Å². The van der Waals surface area contributed by atoms with Crippen molar-refractivity contribution in [3.63, 3.8) is 0 Å². The van der Waals surface area contributed by atoms with Gasteiger partial charge < -0.3 is 10.6 Å². The maximum absolute atomic E-state index is 13.5. The SMILES string of the molecule is Cc1cc(Nc2ccn[nH]2)nc(-c2ccc(C(=O)NCc3nnc(-c4cc(F)cnc4C)nn3)nc2)n1. The molecule has 0 aliphatic heterocycles. The molecule has 1 amide bonds. The van der Waals surface area contributed by atoms with E-state index in [9.17, 15) is 9.18 Å². The maximum atomic E-state index is 13.5. The van der Waals surface area contributed by atoms with Crippen LogP contribution in [-0.4, -0.2) is 56.4 Å². The van der Waals surface area contributed by atoms with E-state index in [0.717, 1.165) is 11.9 Å². The minimum atomic E-state index is -0.515. The van der Waals surface area contributed by atoms with Gasteiger partial charge in [0, 0.05) is 40.8 Å². The first-order chi connectivity index (χ1) is 17.9. The number of nitrogens with one attached hydrogen (secondary N) is 3. The number of amides is 1. The van der Waals surface area contributed by atoms with Gasteiger partial charge >= 0.3 is 0 Å². The molecule has 37 heavy (non-hydrogen) atoms. The highest BCUT2D eigenvalue weighted by atomic mass is 19.1. The Balaban J connectivity index is 1.23. The summed E-state index contributed by atoms with van der Waals surface area (Å²) in [5.41, 5.74) is 2.52. The van der Waals surface area contributed by atoms with Crippen molar-refractivity contribution in [2.75, 3.05) is 5.32 Å². The van der Waals surface area contributed by atoms with Gasteiger partial charge in [0.2, 0.25) is 5.82 Å². The first-order valence-corrected chi connectivity index (χ1v) is 11.0. The lowest BCUT2D eigenvalue weighted by Crippen LogP contribution is -2.25. The molecule has 0 atom stereocenters. The van der Waals surface area contributed by atoms with Crippen molar-refractivity contribution in [1.82, 2.24) is 55.8 Å². The predicted molar refractivity (Wildman–Crippen MR) is 129 cm³/mol. The number of halogens is 1. The minimum absolute atomic E-state index is 0.0213. The quantitative estimate of drug-likeness (QED) is 0.300. The summed E-state index contributed by atoms with van der Waals surface area (Å²) in [6.07, 6.45) is 4.26. The van der Waals surface area contributed by atoms with Gasteiger partial charge in [-0.25, -0.2) is 14.4 Å². The average molecular weight is 498 g/mol. The number of aromatic amines is 1. The number of aryl methyl sites for hydroxylation is 2. The van der Waals surface area contributed by atoms with Crippen LogP contribution in [0.25, 0.3) is 22.8 Å². The Morgan fingerprint density at radius 1 is 0.973 bits per heavy atom. The van der Waals surface area contributed by atoms with Crippen LogP contribution in [0.2, 0.25) is 0 Å². The van der Waals surface area contributed by atoms with Crippen LogP contribution in [0.5, 0.6) is 0 Å². The normalized spacial score (nSPS) is 10.8. The lowest BCUT2D eigenvalue weighted by Gasteiger charge is -2.08.